The summed E-state index contributed by atoms with van der Waals surface area (Å²) in [4.78, 5) is 28.9. The number of benzene rings is 4. The Balaban J connectivity index is 1.83. The third-order valence-corrected chi connectivity index (χ3v) is 9.15. The van der Waals surface area contributed by atoms with Gasteiger partial charge in [0.25, 0.3) is 10.0 Å². The molecule has 0 fully saturated rings. The SMILES string of the molecule is CNC(=O)C(Cc1ccccc1)N(Cc1ccccc1F)C(=O)CN(c1ccc(OC)c(OC)c1)S(=O)(=O)c1ccc(C)cc1. The molecular weight excluding hydrogens is 597 g/mol. The summed E-state index contributed by atoms with van der Waals surface area (Å²) in [7, 11) is -0.00387. The average molecular weight is 634 g/mol. The minimum absolute atomic E-state index is 0.0384. The van der Waals surface area contributed by atoms with Gasteiger partial charge in [0.15, 0.2) is 11.5 Å². The highest BCUT2D eigenvalue weighted by molar-refractivity contribution is 7.92. The van der Waals surface area contributed by atoms with Crippen LogP contribution in [0.15, 0.2) is 102 Å². The van der Waals surface area contributed by atoms with Crippen molar-refractivity contribution in [2.24, 2.45) is 0 Å². The number of sulfonamides is 1. The lowest BCUT2D eigenvalue weighted by Crippen LogP contribution is -2.53. The van der Waals surface area contributed by atoms with E-state index in [4.69, 9.17) is 9.47 Å². The van der Waals surface area contributed by atoms with Crippen molar-refractivity contribution in [3.05, 3.63) is 120 Å². The second-order valence-electron chi connectivity index (χ2n) is 10.3. The molecule has 9 nitrogen and oxygen atoms in total. The van der Waals surface area contributed by atoms with Gasteiger partial charge in [-0.3, -0.25) is 13.9 Å². The van der Waals surface area contributed by atoms with E-state index < -0.39 is 40.2 Å². The number of aryl methyl sites for hydroxylation is 1. The first-order chi connectivity index (χ1) is 21.6. The normalized spacial score (nSPS) is 11.8. The van der Waals surface area contributed by atoms with Crippen LogP contribution in [0, 0.1) is 12.7 Å². The van der Waals surface area contributed by atoms with Gasteiger partial charge in [-0.2, -0.15) is 0 Å². The highest BCUT2D eigenvalue weighted by atomic mass is 32.2. The lowest BCUT2D eigenvalue weighted by Gasteiger charge is -2.33. The third kappa shape index (κ3) is 7.79. The molecule has 236 valence electrons. The third-order valence-electron chi connectivity index (χ3n) is 7.36. The predicted molar refractivity (Wildman–Crippen MR) is 170 cm³/mol. The van der Waals surface area contributed by atoms with Gasteiger partial charge in [-0.15, -0.1) is 0 Å². The monoisotopic (exact) mass is 633 g/mol. The maximum atomic E-state index is 14.9. The maximum Gasteiger partial charge on any atom is 0.264 e. The van der Waals surface area contributed by atoms with Crippen molar-refractivity contribution >= 4 is 27.5 Å². The molecule has 0 bridgehead atoms. The number of amides is 2. The Labute approximate surface area is 263 Å². The van der Waals surface area contributed by atoms with Gasteiger partial charge in [-0.05, 0) is 42.8 Å². The van der Waals surface area contributed by atoms with Gasteiger partial charge in [-0.1, -0.05) is 66.2 Å². The van der Waals surface area contributed by atoms with Crippen LogP contribution in [0.1, 0.15) is 16.7 Å². The molecule has 0 heterocycles. The molecule has 2 amide bonds. The van der Waals surface area contributed by atoms with Crippen molar-refractivity contribution in [3.63, 3.8) is 0 Å². The van der Waals surface area contributed by atoms with Crippen LogP contribution in [0.5, 0.6) is 11.5 Å². The average Bonchev–Trinajstić information content (AvgIpc) is 3.05. The van der Waals surface area contributed by atoms with Crippen LogP contribution in [0.3, 0.4) is 0 Å². The standard InChI is InChI=1S/C34H36FN3O6S/c1-24-14-17-28(18-15-24)45(41,42)38(27-16-19-31(43-3)32(21-27)44-4)23-33(39)37(22-26-12-8-9-13-29(26)35)30(34(40)36-2)20-25-10-6-5-7-11-25/h5-19,21,30H,20,22-23H2,1-4H3,(H,36,40). The molecule has 4 aromatic rings. The smallest absolute Gasteiger partial charge is 0.264 e. The molecule has 0 saturated heterocycles. The van der Waals surface area contributed by atoms with E-state index in [1.807, 2.05) is 37.3 Å². The molecule has 4 aromatic carbocycles. The lowest BCUT2D eigenvalue weighted by atomic mass is 10.0. The second-order valence-corrected chi connectivity index (χ2v) is 12.2. The number of rotatable bonds is 13. The molecule has 0 aliphatic carbocycles. The number of nitrogens with one attached hydrogen (secondary N) is 1. The van der Waals surface area contributed by atoms with Crippen molar-refractivity contribution < 1.29 is 31.9 Å². The molecule has 0 aliphatic heterocycles. The first-order valence-electron chi connectivity index (χ1n) is 14.2. The number of hydrogen-bond acceptors (Lipinski definition) is 6. The summed E-state index contributed by atoms with van der Waals surface area (Å²) in [6.45, 7) is 0.863. The van der Waals surface area contributed by atoms with Gasteiger partial charge >= 0.3 is 0 Å². The maximum absolute atomic E-state index is 14.9. The zero-order valence-electron chi connectivity index (χ0n) is 25.6. The van der Waals surface area contributed by atoms with E-state index in [9.17, 15) is 22.4 Å². The summed E-state index contributed by atoms with van der Waals surface area (Å²) in [5.74, 6) is -1.14. The van der Waals surface area contributed by atoms with Gasteiger partial charge < -0.3 is 19.7 Å². The van der Waals surface area contributed by atoms with Gasteiger partial charge in [-0.25, -0.2) is 12.8 Å². The lowest BCUT2D eigenvalue weighted by molar-refractivity contribution is -0.139. The molecule has 0 radical (unpaired) electrons. The summed E-state index contributed by atoms with van der Waals surface area (Å²) >= 11 is 0. The molecule has 0 spiro atoms. The molecule has 1 atom stereocenters. The fourth-order valence-corrected chi connectivity index (χ4v) is 6.28. The van der Waals surface area contributed by atoms with Gasteiger partial charge in [0.2, 0.25) is 11.8 Å². The number of ether oxygens (including phenoxy) is 2. The summed E-state index contributed by atoms with van der Waals surface area (Å²) < 4.78 is 55.0. The van der Waals surface area contributed by atoms with Gasteiger partial charge in [0, 0.05) is 31.6 Å². The zero-order valence-corrected chi connectivity index (χ0v) is 26.4. The van der Waals surface area contributed by atoms with Crippen LogP contribution in [-0.2, 0) is 32.6 Å². The van der Waals surface area contributed by atoms with Crippen molar-refractivity contribution in [1.29, 1.82) is 0 Å². The molecule has 45 heavy (non-hydrogen) atoms. The van der Waals surface area contributed by atoms with E-state index in [0.29, 0.717) is 5.75 Å². The number of anilines is 1. The molecule has 0 saturated carbocycles. The summed E-state index contributed by atoms with van der Waals surface area (Å²) in [6.07, 6.45) is 0.113. The fourth-order valence-electron chi connectivity index (χ4n) is 4.88. The summed E-state index contributed by atoms with van der Waals surface area (Å²) in [5, 5.41) is 2.61. The topological polar surface area (TPSA) is 105 Å². The molecule has 11 heteroatoms. The first-order valence-corrected chi connectivity index (χ1v) is 15.6. The van der Waals surface area contributed by atoms with Crippen molar-refractivity contribution in [3.8, 4) is 11.5 Å². The second kappa shape index (κ2) is 14.7. The number of likely N-dealkylation sites (N-methyl/N-ethyl adjacent to an activating group) is 1. The van der Waals surface area contributed by atoms with Crippen molar-refractivity contribution in [2.75, 3.05) is 32.1 Å². The van der Waals surface area contributed by atoms with Crippen LogP contribution in [0.4, 0.5) is 10.1 Å². The first kappa shape index (κ1) is 33.0. The quantitative estimate of drug-likeness (QED) is 0.228. The fraction of sp³-hybridized carbons (Fsp3) is 0.235. The number of carbonyl (C=O) groups excluding carboxylic acids is 2. The van der Waals surface area contributed by atoms with Crippen LogP contribution >= 0.6 is 0 Å². The van der Waals surface area contributed by atoms with E-state index in [2.05, 4.69) is 5.32 Å². The molecule has 0 aliphatic rings. The van der Waals surface area contributed by atoms with E-state index in [1.54, 1.807) is 18.2 Å². The van der Waals surface area contributed by atoms with Crippen LogP contribution in [-0.4, -0.2) is 59.0 Å². The van der Waals surface area contributed by atoms with Crippen LogP contribution in [0.25, 0.3) is 0 Å². The van der Waals surface area contributed by atoms with Gasteiger partial charge in [0.05, 0.1) is 24.8 Å². The Morgan fingerprint density at radius 3 is 2.13 bits per heavy atom. The highest BCUT2D eigenvalue weighted by Crippen LogP contribution is 2.34. The molecule has 0 aromatic heterocycles. The Morgan fingerprint density at radius 2 is 1.51 bits per heavy atom. The van der Waals surface area contributed by atoms with E-state index in [0.717, 1.165) is 15.4 Å². The zero-order chi connectivity index (χ0) is 32.6. The Bertz CT molecular complexity index is 1730. The summed E-state index contributed by atoms with van der Waals surface area (Å²) in [6, 6.07) is 24.7. The van der Waals surface area contributed by atoms with E-state index in [1.165, 1.54) is 74.7 Å². The Kier molecular flexibility index (Phi) is 10.8. The van der Waals surface area contributed by atoms with Crippen molar-refractivity contribution in [1.82, 2.24) is 10.2 Å². The number of carbonyl (C=O) groups is 2. The van der Waals surface area contributed by atoms with E-state index in [-0.39, 0.29) is 34.9 Å². The van der Waals surface area contributed by atoms with E-state index >= 15 is 0 Å². The minimum Gasteiger partial charge on any atom is -0.493 e. The molecule has 1 unspecified atom stereocenters. The molecule has 1 N–H and O–H groups in total. The molecule has 4 rings (SSSR count). The summed E-state index contributed by atoms with van der Waals surface area (Å²) in [5.41, 5.74) is 1.92. The number of nitrogens with zero attached hydrogens (tertiary/aromatic N) is 2. The largest absolute Gasteiger partial charge is 0.493 e. The van der Waals surface area contributed by atoms with Gasteiger partial charge in [0.1, 0.15) is 18.4 Å². The Hall–Kier alpha value is -4.90. The van der Waals surface area contributed by atoms with Crippen LogP contribution in [0.2, 0.25) is 0 Å². The van der Waals surface area contributed by atoms with Crippen molar-refractivity contribution in [2.45, 2.75) is 30.8 Å². The Morgan fingerprint density at radius 1 is 0.867 bits per heavy atom. The number of methoxy groups -OCH3 is 2. The number of halogens is 1. The highest BCUT2D eigenvalue weighted by Gasteiger charge is 2.35. The predicted octanol–water partition coefficient (Wildman–Crippen LogP) is 4.73. The number of hydrogen-bond donors (Lipinski definition) is 1. The minimum atomic E-state index is -4.32. The van der Waals surface area contributed by atoms with Crippen LogP contribution < -0.4 is 19.1 Å². The molecular formula is C34H36FN3O6S.